The van der Waals surface area contributed by atoms with Gasteiger partial charge in [-0.2, -0.15) is 0 Å². The standard InChI is InChI=1S/C16H19N3O4.ClH/c20-15(11-1-2-13-14(7-11)23-10-22-13)18-3-5-19(6-4-18)16(21)12-8-17-9-12;/h1-2,7,12,17H,3-6,8-10H2;1H. The molecule has 4 rings (SSSR count). The summed E-state index contributed by atoms with van der Waals surface area (Å²) in [6.07, 6.45) is 0. The maximum Gasteiger partial charge on any atom is 0.254 e. The Bertz CT molecular complexity index is 642. The molecule has 1 aromatic carbocycles. The van der Waals surface area contributed by atoms with Crippen LogP contribution in [0.1, 0.15) is 10.4 Å². The van der Waals surface area contributed by atoms with Gasteiger partial charge >= 0.3 is 0 Å². The first-order valence-electron chi connectivity index (χ1n) is 7.91. The molecule has 1 N–H and O–H groups in total. The molecular weight excluding hydrogens is 334 g/mol. The lowest BCUT2D eigenvalue weighted by Gasteiger charge is -2.38. The Morgan fingerprint density at radius 1 is 1.00 bits per heavy atom. The fourth-order valence-electron chi connectivity index (χ4n) is 3.06. The highest BCUT2D eigenvalue weighted by Gasteiger charge is 2.32. The molecule has 0 aromatic heterocycles. The predicted molar refractivity (Wildman–Crippen MR) is 88.7 cm³/mol. The van der Waals surface area contributed by atoms with Crippen molar-refractivity contribution in [3.8, 4) is 11.5 Å². The zero-order valence-corrected chi connectivity index (χ0v) is 14.0. The molecule has 2 amide bonds. The monoisotopic (exact) mass is 353 g/mol. The molecule has 8 heteroatoms. The van der Waals surface area contributed by atoms with Crippen LogP contribution in [0.3, 0.4) is 0 Å². The lowest BCUT2D eigenvalue weighted by atomic mass is 10.0. The number of benzene rings is 1. The highest BCUT2D eigenvalue weighted by atomic mass is 35.5. The number of hydrogen-bond donors (Lipinski definition) is 1. The molecule has 0 spiro atoms. The number of nitrogens with one attached hydrogen (secondary N) is 1. The summed E-state index contributed by atoms with van der Waals surface area (Å²) in [4.78, 5) is 28.5. The van der Waals surface area contributed by atoms with Gasteiger partial charge in [-0.25, -0.2) is 0 Å². The molecule has 3 aliphatic heterocycles. The van der Waals surface area contributed by atoms with E-state index in [0.29, 0.717) is 43.2 Å². The molecule has 0 saturated carbocycles. The summed E-state index contributed by atoms with van der Waals surface area (Å²) in [5.41, 5.74) is 0.595. The van der Waals surface area contributed by atoms with Crippen LogP contribution in [-0.2, 0) is 4.79 Å². The SMILES string of the molecule is Cl.O=C(c1ccc2c(c1)OCO2)N1CCN(C(=O)C2CNC2)CC1. The zero-order chi connectivity index (χ0) is 15.8. The number of hydrogen-bond acceptors (Lipinski definition) is 5. The van der Waals surface area contributed by atoms with Crippen molar-refractivity contribution < 1.29 is 19.1 Å². The molecule has 3 heterocycles. The van der Waals surface area contributed by atoms with Gasteiger partial charge in [-0.05, 0) is 18.2 Å². The molecule has 24 heavy (non-hydrogen) atoms. The summed E-state index contributed by atoms with van der Waals surface area (Å²) in [5.74, 6) is 1.58. The molecule has 0 aliphatic carbocycles. The molecule has 0 bridgehead atoms. The molecule has 1 aromatic rings. The number of carbonyl (C=O) groups is 2. The van der Waals surface area contributed by atoms with E-state index in [1.54, 1.807) is 23.1 Å². The fraction of sp³-hybridized carbons (Fsp3) is 0.500. The minimum absolute atomic E-state index is 0. The van der Waals surface area contributed by atoms with Gasteiger partial charge in [0.15, 0.2) is 11.5 Å². The Morgan fingerprint density at radius 3 is 2.33 bits per heavy atom. The molecule has 7 nitrogen and oxygen atoms in total. The maximum atomic E-state index is 12.6. The van der Waals surface area contributed by atoms with E-state index >= 15 is 0 Å². The summed E-state index contributed by atoms with van der Waals surface area (Å²) in [6.45, 7) is 4.09. The quantitative estimate of drug-likeness (QED) is 0.830. The van der Waals surface area contributed by atoms with Crippen LogP contribution < -0.4 is 14.8 Å². The minimum Gasteiger partial charge on any atom is -0.454 e. The van der Waals surface area contributed by atoms with E-state index < -0.39 is 0 Å². The van der Waals surface area contributed by atoms with Crippen LogP contribution in [0, 0.1) is 5.92 Å². The molecule has 0 radical (unpaired) electrons. The molecule has 0 unspecified atom stereocenters. The second-order valence-electron chi connectivity index (χ2n) is 6.04. The molecule has 3 aliphatic rings. The summed E-state index contributed by atoms with van der Waals surface area (Å²) in [7, 11) is 0. The van der Waals surface area contributed by atoms with Crippen molar-refractivity contribution in [1.29, 1.82) is 0 Å². The molecular formula is C16H20ClN3O4. The summed E-state index contributed by atoms with van der Waals surface area (Å²) in [5, 5.41) is 3.12. The van der Waals surface area contributed by atoms with Crippen molar-refractivity contribution in [3.63, 3.8) is 0 Å². The van der Waals surface area contributed by atoms with E-state index in [9.17, 15) is 9.59 Å². The maximum absolute atomic E-state index is 12.6. The largest absolute Gasteiger partial charge is 0.454 e. The molecule has 0 atom stereocenters. The normalized spacial score (nSPS) is 19.5. The van der Waals surface area contributed by atoms with Gasteiger partial charge in [0, 0.05) is 44.8 Å². The van der Waals surface area contributed by atoms with Gasteiger partial charge in [0.2, 0.25) is 12.7 Å². The van der Waals surface area contributed by atoms with E-state index in [0.717, 1.165) is 13.1 Å². The minimum atomic E-state index is -0.0271. The van der Waals surface area contributed by atoms with Crippen molar-refractivity contribution in [1.82, 2.24) is 15.1 Å². The van der Waals surface area contributed by atoms with Gasteiger partial charge in [-0.3, -0.25) is 9.59 Å². The van der Waals surface area contributed by atoms with E-state index in [1.165, 1.54) is 0 Å². The van der Waals surface area contributed by atoms with Crippen LogP contribution in [-0.4, -0.2) is 67.7 Å². The van der Waals surface area contributed by atoms with Gasteiger partial charge in [0.1, 0.15) is 0 Å². The van der Waals surface area contributed by atoms with Crippen LogP contribution in [0.25, 0.3) is 0 Å². The first kappa shape index (κ1) is 16.9. The topological polar surface area (TPSA) is 71.1 Å². The third kappa shape index (κ3) is 3.01. The van der Waals surface area contributed by atoms with Gasteiger partial charge in [-0.1, -0.05) is 0 Å². The number of rotatable bonds is 2. The average molecular weight is 354 g/mol. The molecule has 130 valence electrons. The van der Waals surface area contributed by atoms with Crippen molar-refractivity contribution in [2.45, 2.75) is 0 Å². The lowest BCUT2D eigenvalue weighted by molar-refractivity contribution is -0.138. The third-order valence-corrected chi connectivity index (χ3v) is 4.63. The highest BCUT2D eigenvalue weighted by Crippen LogP contribution is 2.32. The second-order valence-corrected chi connectivity index (χ2v) is 6.04. The Hall–Kier alpha value is -1.99. The molecule has 2 saturated heterocycles. The molecule has 2 fully saturated rings. The first-order chi connectivity index (χ1) is 11.2. The fourth-order valence-corrected chi connectivity index (χ4v) is 3.06. The number of halogens is 1. The van der Waals surface area contributed by atoms with Crippen molar-refractivity contribution in [3.05, 3.63) is 23.8 Å². The van der Waals surface area contributed by atoms with Crippen LogP contribution in [0.4, 0.5) is 0 Å². The lowest BCUT2D eigenvalue weighted by Crippen LogP contribution is -2.57. The summed E-state index contributed by atoms with van der Waals surface area (Å²) < 4.78 is 10.6. The van der Waals surface area contributed by atoms with Crippen molar-refractivity contribution in [2.24, 2.45) is 5.92 Å². The van der Waals surface area contributed by atoms with Crippen LogP contribution in [0.15, 0.2) is 18.2 Å². The Balaban J connectivity index is 0.00000169. The van der Waals surface area contributed by atoms with Gasteiger partial charge < -0.3 is 24.6 Å². The zero-order valence-electron chi connectivity index (χ0n) is 13.2. The second kappa shape index (κ2) is 6.86. The Kier molecular flexibility index (Phi) is 4.82. The summed E-state index contributed by atoms with van der Waals surface area (Å²) >= 11 is 0. The van der Waals surface area contributed by atoms with E-state index in [-0.39, 0.29) is 36.9 Å². The van der Waals surface area contributed by atoms with E-state index in [1.807, 2.05) is 4.90 Å². The number of ether oxygens (including phenoxy) is 2. The number of amides is 2. The first-order valence-corrected chi connectivity index (χ1v) is 7.91. The van der Waals surface area contributed by atoms with Gasteiger partial charge in [0.05, 0.1) is 5.92 Å². The van der Waals surface area contributed by atoms with Gasteiger partial charge in [-0.15, -0.1) is 12.4 Å². The van der Waals surface area contributed by atoms with Crippen molar-refractivity contribution >= 4 is 24.2 Å². The number of carbonyl (C=O) groups excluding carboxylic acids is 2. The van der Waals surface area contributed by atoms with E-state index in [4.69, 9.17) is 9.47 Å². The predicted octanol–water partition coefficient (Wildman–Crippen LogP) is 0.341. The Labute approximate surface area is 146 Å². The van der Waals surface area contributed by atoms with Gasteiger partial charge in [0.25, 0.3) is 5.91 Å². The number of piperazine rings is 1. The van der Waals surface area contributed by atoms with Crippen LogP contribution in [0.5, 0.6) is 11.5 Å². The highest BCUT2D eigenvalue weighted by molar-refractivity contribution is 5.95. The van der Waals surface area contributed by atoms with Crippen molar-refractivity contribution in [2.75, 3.05) is 46.1 Å². The number of fused-ring (bicyclic) bond motifs is 1. The summed E-state index contributed by atoms with van der Waals surface area (Å²) in [6, 6.07) is 5.24. The third-order valence-electron chi connectivity index (χ3n) is 4.63. The van der Waals surface area contributed by atoms with Crippen LogP contribution in [0.2, 0.25) is 0 Å². The number of nitrogens with zero attached hydrogens (tertiary/aromatic N) is 2. The average Bonchev–Trinajstić information content (AvgIpc) is 3.00. The smallest absolute Gasteiger partial charge is 0.254 e. The van der Waals surface area contributed by atoms with E-state index in [2.05, 4.69) is 5.32 Å². The van der Waals surface area contributed by atoms with Crippen LogP contribution >= 0.6 is 12.4 Å². The Morgan fingerprint density at radius 2 is 1.67 bits per heavy atom.